The largest absolute Gasteiger partial charge is 0.455 e. The zero-order valence-corrected chi connectivity index (χ0v) is 11.4. The lowest BCUT2D eigenvalue weighted by molar-refractivity contribution is -0.137. The van der Waals surface area contributed by atoms with Crippen LogP contribution in [0, 0.1) is 0 Å². The summed E-state index contributed by atoms with van der Waals surface area (Å²) in [6, 6.07) is 9.88. The molecule has 1 atom stereocenters. The number of halogens is 4. The van der Waals surface area contributed by atoms with Crippen LogP contribution in [0.15, 0.2) is 42.5 Å². The summed E-state index contributed by atoms with van der Waals surface area (Å²) < 4.78 is 43.3. The van der Waals surface area contributed by atoms with Gasteiger partial charge in [0.2, 0.25) is 0 Å². The van der Waals surface area contributed by atoms with Crippen molar-refractivity contribution in [3.05, 3.63) is 53.1 Å². The van der Waals surface area contributed by atoms with Gasteiger partial charge in [-0.2, -0.15) is 13.2 Å². The first-order valence-corrected chi connectivity index (χ1v) is 6.22. The van der Waals surface area contributed by atoms with Gasteiger partial charge in [0.15, 0.2) is 0 Å². The second-order valence-corrected chi connectivity index (χ2v) is 4.81. The van der Waals surface area contributed by atoms with E-state index in [-0.39, 0.29) is 5.75 Å². The Morgan fingerprint density at radius 1 is 1.00 bits per heavy atom. The van der Waals surface area contributed by atoms with E-state index in [2.05, 4.69) is 9.24 Å². The molecule has 1 unspecified atom stereocenters. The molecular weight excluding hydrogens is 296 g/mol. The fourth-order valence-electron chi connectivity index (χ4n) is 1.45. The monoisotopic (exact) mass is 304 g/mol. The molecule has 2 aromatic carbocycles. The first-order valence-electron chi connectivity index (χ1n) is 5.27. The van der Waals surface area contributed by atoms with E-state index >= 15 is 0 Å². The number of rotatable bonds is 2. The van der Waals surface area contributed by atoms with E-state index < -0.39 is 11.7 Å². The highest BCUT2D eigenvalue weighted by Crippen LogP contribution is 2.34. The summed E-state index contributed by atoms with van der Waals surface area (Å²) in [6.07, 6.45) is -4.41. The van der Waals surface area contributed by atoms with Crippen molar-refractivity contribution in [3.63, 3.8) is 0 Å². The molecule has 0 amide bonds. The molecule has 0 aliphatic rings. The molecule has 19 heavy (non-hydrogen) atoms. The fourth-order valence-corrected chi connectivity index (χ4v) is 1.86. The van der Waals surface area contributed by atoms with Gasteiger partial charge in [-0.25, -0.2) is 0 Å². The molecule has 0 radical (unpaired) electrons. The third-order valence-electron chi connectivity index (χ3n) is 2.40. The minimum Gasteiger partial charge on any atom is -0.455 e. The highest BCUT2D eigenvalue weighted by atomic mass is 35.5. The minimum absolute atomic E-state index is 0.105. The van der Waals surface area contributed by atoms with Gasteiger partial charge < -0.3 is 4.74 Å². The van der Waals surface area contributed by atoms with Gasteiger partial charge in [0.1, 0.15) is 11.5 Å². The molecule has 0 aliphatic carbocycles. The van der Waals surface area contributed by atoms with Crippen molar-refractivity contribution in [3.8, 4) is 11.5 Å². The van der Waals surface area contributed by atoms with Gasteiger partial charge in [0.25, 0.3) is 0 Å². The lowest BCUT2D eigenvalue weighted by atomic mass is 10.2. The first kappa shape index (κ1) is 14.2. The molecule has 2 aromatic rings. The van der Waals surface area contributed by atoms with E-state index in [4.69, 9.17) is 16.3 Å². The highest BCUT2D eigenvalue weighted by Gasteiger charge is 2.31. The van der Waals surface area contributed by atoms with Crippen LogP contribution in [0.25, 0.3) is 0 Å². The Balaban J connectivity index is 2.38. The zero-order chi connectivity index (χ0) is 14.0. The topological polar surface area (TPSA) is 9.23 Å². The lowest BCUT2D eigenvalue weighted by Crippen LogP contribution is -2.08. The molecule has 0 bridgehead atoms. The van der Waals surface area contributed by atoms with Crippen LogP contribution in [0.4, 0.5) is 13.2 Å². The number of hydrogen-bond donors (Lipinski definition) is 0. The second kappa shape index (κ2) is 5.40. The molecule has 0 saturated heterocycles. The number of para-hydroxylation sites is 1. The Morgan fingerprint density at radius 3 is 2.32 bits per heavy atom. The van der Waals surface area contributed by atoms with Crippen molar-refractivity contribution in [2.75, 3.05) is 0 Å². The van der Waals surface area contributed by atoms with Crippen molar-refractivity contribution < 1.29 is 17.9 Å². The third kappa shape index (κ3) is 3.40. The van der Waals surface area contributed by atoms with Crippen LogP contribution in [0.1, 0.15) is 5.56 Å². The van der Waals surface area contributed by atoms with Crippen molar-refractivity contribution in [1.29, 1.82) is 0 Å². The molecule has 0 saturated carbocycles. The summed E-state index contributed by atoms with van der Waals surface area (Å²) in [5, 5.41) is 0.859. The van der Waals surface area contributed by atoms with Crippen LogP contribution in [-0.4, -0.2) is 0 Å². The normalized spacial score (nSPS) is 11.4. The van der Waals surface area contributed by atoms with Crippen LogP contribution in [-0.2, 0) is 6.18 Å². The molecule has 0 spiro atoms. The van der Waals surface area contributed by atoms with Crippen LogP contribution in [0.2, 0.25) is 5.02 Å². The first-order chi connectivity index (χ1) is 8.88. The summed E-state index contributed by atoms with van der Waals surface area (Å²) >= 11 is 5.90. The average Bonchev–Trinajstić information content (AvgIpc) is 2.33. The number of ether oxygens (including phenoxy) is 1. The Labute approximate surface area is 115 Å². The quantitative estimate of drug-likeness (QED) is 0.734. The molecule has 0 N–H and O–H groups in total. The van der Waals surface area contributed by atoms with Crippen LogP contribution in [0.5, 0.6) is 11.5 Å². The number of hydrogen-bond acceptors (Lipinski definition) is 1. The Bertz CT molecular complexity index is 599. The van der Waals surface area contributed by atoms with E-state index in [1.807, 2.05) is 0 Å². The minimum atomic E-state index is -4.41. The fraction of sp³-hybridized carbons (Fsp3) is 0.0769. The second-order valence-electron chi connectivity index (χ2n) is 3.78. The summed E-state index contributed by atoms with van der Waals surface area (Å²) in [7, 11) is 2.33. The molecule has 0 fully saturated rings. The van der Waals surface area contributed by atoms with Gasteiger partial charge >= 0.3 is 6.18 Å². The maximum absolute atomic E-state index is 12.6. The molecule has 1 nitrogen and oxygen atoms in total. The van der Waals surface area contributed by atoms with Gasteiger partial charge in [-0.3, -0.25) is 0 Å². The summed E-state index contributed by atoms with van der Waals surface area (Å²) in [6.45, 7) is 0. The van der Waals surface area contributed by atoms with Crippen molar-refractivity contribution in [2.45, 2.75) is 6.18 Å². The maximum Gasteiger partial charge on any atom is 0.416 e. The van der Waals surface area contributed by atoms with Crippen LogP contribution in [0.3, 0.4) is 0 Å². The third-order valence-corrected chi connectivity index (χ3v) is 3.19. The highest BCUT2D eigenvalue weighted by molar-refractivity contribution is 7.27. The SMILES string of the molecule is FC(F)(F)c1ccc(P)c(Oc2ccccc2Cl)c1. The van der Waals surface area contributed by atoms with Gasteiger partial charge in [-0.15, -0.1) is 9.24 Å². The van der Waals surface area contributed by atoms with E-state index in [1.165, 1.54) is 6.07 Å². The Morgan fingerprint density at radius 2 is 1.68 bits per heavy atom. The summed E-state index contributed by atoms with van der Waals surface area (Å²) in [5.74, 6) is 0.417. The van der Waals surface area contributed by atoms with E-state index in [9.17, 15) is 13.2 Å². The maximum atomic E-state index is 12.6. The van der Waals surface area contributed by atoms with Crippen molar-refractivity contribution in [2.24, 2.45) is 0 Å². The molecule has 0 aromatic heterocycles. The Hall–Kier alpha value is -1.25. The predicted molar refractivity (Wildman–Crippen MR) is 72.3 cm³/mol. The van der Waals surface area contributed by atoms with Crippen LogP contribution < -0.4 is 10.0 Å². The van der Waals surface area contributed by atoms with E-state index in [1.54, 1.807) is 24.3 Å². The molecule has 6 heteroatoms. The lowest BCUT2D eigenvalue weighted by Gasteiger charge is -2.13. The smallest absolute Gasteiger partial charge is 0.416 e. The van der Waals surface area contributed by atoms with Gasteiger partial charge in [-0.1, -0.05) is 29.8 Å². The number of alkyl halides is 3. The van der Waals surface area contributed by atoms with Crippen LogP contribution >= 0.6 is 20.8 Å². The number of benzene rings is 2. The molecule has 0 aliphatic heterocycles. The van der Waals surface area contributed by atoms with E-state index in [0.29, 0.717) is 16.1 Å². The van der Waals surface area contributed by atoms with Crippen molar-refractivity contribution in [1.82, 2.24) is 0 Å². The van der Waals surface area contributed by atoms with Gasteiger partial charge in [0, 0.05) is 5.30 Å². The average molecular weight is 305 g/mol. The van der Waals surface area contributed by atoms with Crippen molar-refractivity contribution >= 4 is 26.1 Å². The molecule has 0 heterocycles. The predicted octanol–water partition coefficient (Wildman–Crippen LogP) is 4.65. The zero-order valence-electron chi connectivity index (χ0n) is 9.54. The summed E-state index contributed by atoms with van der Waals surface area (Å²) in [5.41, 5.74) is -0.763. The molecular formula is C13H9ClF3OP. The Kier molecular flexibility index (Phi) is 4.02. The standard InChI is InChI=1S/C13H9ClF3OP/c14-9-3-1-2-4-10(9)18-11-7-8(13(15,16)17)5-6-12(11)19/h1-7H,19H2. The molecule has 2 rings (SSSR count). The molecule has 100 valence electrons. The van der Waals surface area contributed by atoms with Gasteiger partial charge in [-0.05, 0) is 24.3 Å². The van der Waals surface area contributed by atoms with E-state index in [0.717, 1.165) is 12.1 Å². The summed E-state index contributed by atoms with van der Waals surface area (Å²) in [4.78, 5) is 0. The van der Waals surface area contributed by atoms with Gasteiger partial charge in [0.05, 0.1) is 10.6 Å².